The summed E-state index contributed by atoms with van der Waals surface area (Å²) in [7, 11) is 0. The lowest BCUT2D eigenvalue weighted by atomic mass is 9.72. The van der Waals surface area contributed by atoms with Gasteiger partial charge in [0, 0.05) is 5.71 Å². The van der Waals surface area contributed by atoms with E-state index < -0.39 is 11.7 Å². The van der Waals surface area contributed by atoms with Crippen molar-refractivity contribution in [3.05, 3.63) is 28.8 Å². The molecule has 138 valence electrons. The van der Waals surface area contributed by atoms with E-state index in [-0.39, 0.29) is 21.2 Å². The van der Waals surface area contributed by atoms with E-state index in [2.05, 4.69) is 36.6 Å². The van der Waals surface area contributed by atoms with Crippen molar-refractivity contribution in [1.82, 2.24) is 5.43 Å². The van der Waals surface area contributed by atoms with E-state index in [4.69, 9.17) is 23.8 Å². The minimum absolute atomic E-state index is 0.0894. The summed E-state index contributed by atoms with van der Waals surface area (Å²) in [5.74, 6) is 0.531. The number of anilines is 1. The Bertz CT molecular complexity index is 686. The van der Waals surface area contributed by atoms with E-state index >= 15 is 0 Å². The molecular formula is C17H21ClF3N3S. The Morgan fingerprint density at radius 1 is 1.36 bits per heavy atom. The fraction of sp³-hybridized carbons (Fsp3) is 0.529. The first-order valence-corrected chi connectivity index (χ1v) is 8.74. The third kappa shape index (κ3) is 5.85. The summed E-state index contributed by atoms with van der Waals surface area (Å²) in [5.41, 5.74) is 3.19. The smallest absolute Gasteiger partial charge is 0.330 e. The molecule has 3 nitrogen and oxygen atoms in total. The molecule has 0 bridgehead atoms. The minimum Gasteiger partial charge on any atom is -0.330 e. The summed E-state index contributed by atoms with van der Waals surface area (Å²) in [5, 5.41) is 7.25. The predicted octanol–water partition coefficient (Wildman–Crippen LogP) is 5.85. The van der Waals surface area contributed by atoms with Gasteiger partial charge in [-0.2, -0.15) is 18.3 Å². The zero-order valence-corrected chi connectivity index (χ0v) is 15.9. The van der Waals surface area contributed by atoms with Crippen LogP contribution < -0.4 is 10.7 Å². The lowest BCUT2D eigenvalue weighted by molar-refractivity contribution is -0.137. The van der Waals surface area contributed by atoms with Gasteiger partial charge in [0.05, 0.1) is 16.3 Å². The Morgan fingerprint density at radius 2 is 2.04 bits per heavy atom. The van der Waals surface area contributed by atoms with Crippen molar-refractivity contribution in [2.45, 2.75) is 46.2 Å². The highest BCUT2D eigenvalue weighted by Gasteiger charge is 2.31. The summed E-state index contributed by atoms with van der Waals surface area (Å²) in [4.78, 5) is 0. The molecule has 1 aliphatic carbocycles. The molecule has 0 saturated heterocycles. The van der Waals surface area contributed by atoms with Gasteiger partial charge >= 0.3 is 6.18 Å². The lowest BCUT2D eigenvalue weighted by Gasteiger charge is -2.34. The van der Waals surface area contributed by atoms with Crippen LogP contribution in [-0.4, -0.2) is 10.8 Å². The van der Waals surface area contributed by atoms with Gasteiger partial charge in [0.25, 0.3) is 0 Å². The average Bonchev–Trinajstić information content (AvgIpc) is 2.44. The molecule has 2 N–H and O–H groups in total. The summed E-state index contributed by atoms with van der Waals surface area (Å²) in [6.45, 7) is 6.56. The summed E-state index contributed by atoms with van der Waals surface area (Å²) in [6.07, 6.45) is -1.57. The number of rotatable bonds is 2. The second kappa shape index (κ2) is 7.50. The van der Waals surface area contributed by atoms with Crippen LogP contribution in [0.15, 0.2) is 23.3 Å². The van der Waals surface area contributed by atoms with Crippen LogP contribution in [0.1, 0.15) is 45.6 Å². The molecular weight excluding hydrogens is 371 g/mol. The molecule has 0 spiro atoms. The molecule has 0 heterocycles. The molecule has 8 heteroatoms. The monoisotopic (exact) mass is 391 g/mol. The first-order chi connectivity index (χ1) is 11.5. The Labute approximate surface area is 156 Å². The number of hydrogen-bond donors (Lipinski definition) is 2. The minimum atomic E-state index is -4.44. The Morgan fingerprint density at radius 3 is 2.64 bits per heavy atom. The van der Waals surface area contributed by atoms with E-state index in [9.17, 15) is 13.2 Å². The molecule has 2 rings (SSSR count). The maximum atomic E-state index is 12.8. The number of alkyl halides is 3. The number of nitrogens with one attached hydrogen (secondary N) is 2. The molecule has 1 aliphatic rings. The van der Waals surface area contributed by atoms with Crippen molar-refractivity contribution in [1.29, 1.82) is 0 Å². The molecule has 0 radical (unpaired) electrons. The van der Waals surface area contributed by atoms with Crippen LogP contribution in [0.25, 0.3) is 0 Å². The lowest BCUT2D eigenvalue weighted by Crippen LogP contribution is -2.31. The molecule has 0 unspecified atom stereocenters. The van der Waals surface area contributed by atoms with Gasteiger partial charge in [-0.25, -0.2) is 0 Å². The van der Waals surface area contributed by atoms with Crippen molar-refractivity contribution in [3.8, 4) is 0 Å². The number of thiocarbonyl (C=S) groups is 1. The first kappa shape index (κ1) is 20.0. The molecule has 0 aromatic heterocycles. The predicted molar refractivity (Wildman–Crippen MR) is 100 cm³/mol. The van der Waals surface area contributed by atoms with Gasteiger partial charge in [-0.15, -0.1) is 0 Å². The molecule has 1 atom stereocenters. The average molecular weight is 392 g/mol. The number of hydrogen-bond acceptors (Lipinski definition) is 2. The van der Waals surface area contributed by atoms with E-state index in [1.807, 2.05) is 0 Å². The molecule has 1 saturated carbocycles. The summed E-state index contributed by atoms with van der Waals surface area (Å²) >= 11 is 11.1. The van der Waals surface area contributed by atoms with Crippen molar-refractivity contribution >= 4 is 40.3 Å². The highest BCUT2D eigenvalue weighted by Crippen LogP contribution is 2.37. The highest BCUT2D eigenvalue weighted by molar-refractivity contribution is 7.80. The topological polar surface area (TPSA) is 36.4 Å². The molecule has 1 aromatic rings. The van der Waals surface area contributed by atoms with Crippen LogP contribution in [-0.2, 0) is 6.18 Å². The molecule has 1 aromatic carbocycles. The van der Waals surface area contributed by atoms with E-state index in [0.717, 1.165) is 37.1 Å². The van der Waals surface area contributed by atoms with E-state index in [1.165, 1.54) is 6.07 Å². The van der Waals surface area contributed by atoms with Crippen LogP contribution >= 0.6 is 23.8 Å². The maximum absolute atomic E-state index is 12.8. The van der Waals surface area contributed by atoms with Gasteiger partial charge in [-0.05, 0) is 61.0 Å². The third-order valence-electron chi connectivity index (χ3n) is 4.03. The van der Waals surface area contributed by atoms with Crippen molar-refractivity contribution in [3.63, 3.8) is 0 Å². The van der Waals surface area contributed by atoms with Crippen LogP contribution in [0.5, 0.6) is 0 Å². The van der Waals surface area contributed by atoms with Crippen LogP contribution in [0.2, 0.25) is 5.02 Å². The SMILES string of the molecule is C[C@@H]1C/C(=N/NC(=S)Nc2cc(C(F)(F)F)ccc2Cl)CC(C)(C)C1. The normalized spacial score (nSPS) is 21.9. The third-order valence-corrected chi connectivity index (χ3v) is 4.55. The zero-order valence-electron chi connectivity index (χ0n) is 14.3. The summed E-state index contributed by atoms with van der Waals surface area (Å²) in [6, 6.07) is 3.04. The Hall–Kier alpha value is -1.34. The number of hydrazone groups is 1. The van der Waals surface area contributed by atoms with E-state index in [1.54, 1.807) is 0 Å². The second-order valence-electron chi connectivity index (χ2n) is 7.29. The number of benzene rings is 1. The second-order valence-corrected chi connectivity index (χ2v) is 8.11. The maximum Gasteiger partial charge on any atom is 0.416 e. The van der Waals surface area contributed by atoms with Crippen molar-refractivity contribution < 1.29 is 13.2 Å². The largest absolute Gasteiger partial charge is 0.416 e. The standard InChI is InChI=1S/C17H21ClF3N3S/c1-10-6-12(9-16(2,3)8-10)23-24-15(25)22-14-7-11(17(19,20)21)4-5-13(14)18/h4-5,7,10H,6,8-9H2,1-3H3,(H2,22,24,25)/b23-12-/t10-/m1/s1. The van der Waals surface area contributed by atoms with Crippen LogP contribution in [0, 0.1) is 11.3 Å². The number of nitrogens with zero attached hydrogens (tertiary/aromatic N) is 1. The van der Waals surface area contributed by atoms with Gasteiger partial charge in [0.2, 0.25) is 0 Å². The highest BCUT2D eigenvalue weighted by atomic mass is 35.5. The van der Waals surface area contributed by atoms with Crippen LogP contribution in [0.3, 0.4) is 0 Å². The number of halogens is 4. The first-order valence-electron chi connectivity index (χ1n) is 7.95. The molecule has 25 heavy (non-hydrogen) atoms. The quantitative estimate of drug-likeness (QED) is 0.490. The van der Waals surface area contributed by atoms with E-state index in [0.29, 0.717) is 5.92 Å². The van der Waals surface area contributed by atoms with Crippen molar-refractivity contribution in [2.75, 3.05) is 5.32 Å². The van der Waals surface area contributed by atoms with Gasteiger partial charge in [-0.1, -0.05) is 32.4 Å². The van der Waals surface area contributed by atoms with Crippen molar-refractivity contribution in [2.24, 2.45) is 16.4 Å². The summed E-state index contributed by atoms with van der Waals surface area (Å²) < 4.78 is 38.4. The Kier molecular flexibility index (Phi) is 5.99. The Balaban J connectivity index is 2.04. The van der Waals surface area contributed by atoms with Crippen LogP contribution in [0.4, 0.5) is 18.9 Å². The molecule has 0 amide bonds. The van der Waals surface area contributed by atoms with Gasteiger partial charge in [0.1, 0.15) is 0 Å². The zero-order chi connectivity index (χ0) is 18.8. The van der Waals surface area contributed by atoms with Gasteiger partial charge in [-0.3, -0.25) is 5.43 Å². The van der Waals surface area contributed by atoms with Gasteiger partial charge < -0.3 is 5.32 Å². The molecule has 0 aliphatic heterocycles. The van der Waals surface area contributed by atoms with Gasteiger partial charge in [0.15, 0.2) is 5.11 Å². The molecule has 1 fully saturated rings. The fourth-order valence-electron chi connectivity index (χ4n) is 3.28. The fourth-order valence-corrected chi connectivity index (χ4v) is 3.60.